The van der Waals surface area contributed by atoms with Crippen LogP contribution in [0, 0.1) is 5.92 Å². The minimum atomic E-state index is -0.477. The molecule has 0 saturated heterocycles. The van der Waals surface area contributed by atoms with Crippen LogP contribution in [0.5, 0.6) is 0 Å². The number of ether oxygens (including phenoxy) is 1. The molecule has 2 atom stereocenters. The minimum Gasteiger partial charge on any atom is -0.409 e. The van der Waals surface area contributed by atoms with Crippen molar-refractivity contribution in [1.29, 1.82) is 0 Å². The number of carbonyl (C=O) groups excluding carboxylic acids is 1. The second-order valence-electron chi connectivity index (χ2n) is 3.52. The Kier molecular flexibility index (Phi) is 5.69. The van der Waals surface area contributed by atoms with Crippen molar-refractivity contribution in [2.75, 3.05) is 20.7 Å². The second kappa shape index (κ2) is 6.23. The molecule has 0 aromatic heterocycles. The van der Waals surface area contributed by atoms with Gasteiger partial charge in [-0.15, -0.1) is 0 Å². The van der Waals surface area contributed by atoms with Crippen LogP contribution >= 0.6 is 0 Å². The van der Waals surface area contributed by atoms with Crippen LogP contribution in [0.2, 0.25) is 0 Å². The molecular formula is C9H19N3O3. The van der Waals surface area contributed by atoms with Gasteiger partial charge in [0.2, 0.25) is 0 Å². The first kappa shape index (κ1) is 13.7. The van der Waals surface area contributed by atoms with Crippen LogP contribution < -0.4 is 5.73 Å². The van der Waals surface area contributed by atoms with Gasteiger partial charge in [0.15, 0.2) is 0 Å². The van der Waals surface area contributed by atoms with Crippen molar-refractivity contribution >= 4 is 11.7 Å². The number of hydrogen-bond donors (Lipinski definition) is 2. The highest BCUT2D eigenvalue weighted by atomic mass is 16.5. The molecule has 0 aromatic carbocycles. The number of nitrogens with zero attached hydrogens (tertiary/aromatic N) is 2. The first-order chi connectivity index (χ1) is 6.93. The minimum absolute atomic E-state index is 0.111. The maximum atomic E-state index is 11.6. The lowest BCUT2D eigenvalue weighted by atomic mass is 10.1. The van der Waals surface area contributed by atoms with E-state index in [1.807, 2.05) is 0 Å². The Bertz CT molecular complexity index is 243. The topological polar surface area (TPSA) is 88.2 Å². The van der Waals surface area contributed by atoms with Gasteiger partial charge in [0.05, 0.1) is 0 Å². The lowest BCUT2D eigenvalue weighted by molar-refractivity contribution is -0.139. The third kappa shape index (κ3) is 4.16. The summed E-state index contributed by atoms with van der Waals surface area (Å²) in [5.41, 5.74) is 5.40. The van der Waals surface area contributed by atoms with Gasteiger partial charge >= 0.3 is 0 Å². The van der Waals surface area contributed by atoms with Crippen LogP contribution in [0.1, 0.15) is 13.8 Å². The van der Waals surface area contributed by atoms with Gasteiger partial charge in [0.25, 0.3) is 5.91 Å². The van der Waals surface area contributed by atoms with Gasteiger partial charge in [0, 0.05) is 26.6 Å². The van der Waals surface area contributed by atoms with Crippen molar-refractivity contribution in [1.82, 2.24) is 4.90 Å². The summed E-state index contributed by atoms with van der Waals surface area (Å²) in [6.45, 7) is 3.84. The van der Waals surface area contributed by atoms with E-state index in [4.69, 9.17) is 15.7 Å². The smallest absolute Gasteiger partial charge is 0.251 e. The standard InChI is InChI=1S/C9H19N3O3/c1-6(8(10)11-14)5-12(3)9(13)7(2)15-4/h6-7,14H,5H2,1-4H3,(H2,10,11). The highest BCUT2D eigenvalue weighted by Crippen LogP contribution is 2.02. The van der Waals surface area contributed by atoms with E-state index < -0.39 is 6.10 Å². The number of rotatable bonds is 5. The van der Waals surface area contributed by atoms with Crippen LogP contribution in [0.3, 0.4) is 0 Å². The lowest BCUT2D eigenvalue weighted by Crippen LogP contribution is -2.41. The van der Waals surface area contributed by atoms with Crippen molar-refractivity contribution in [3.05, 3.63) is 0 Å². The maximum Gasteiger partial charge on any atom is 0.251 e. The number of hydrogen-bond acceptors (Lipinski definition) is 4. The summed E-state index contributed by atoms with van der Waals surface area (Å²) in [4.78, 5) is 13.1. The van der Waals surface area contributed by atoms with Gasteiger partial charge in [-0.2, -0.15) is 0 Å². The predicted octanol–water partition coefficient (Wildman–Crippen LogP) is -0.138. The number of carbonyl (C=O) groups is 1. The number of likely N-dealkylation sites (N-methyl/N-ethyl adjacent to an activating group) is 1. The van der Waals surface area contributed by atoms with Crippen molar-refractivity contribution in [3.63, 3.8) is 0 Å². The molecule has 1 amide bonds. The van der Waals surface area contributed by atoms with E-state index in [2.05, 4.69) is 5.16 Å². The average Bonchev–Trinajstić information content (AvgIpc) is 2.25. The largest absolute Gasteiger partial charge is 0.409 e. The molecule has 0 heterocycles. The average molecular weight is 217 g/mol. The zero-order valence-corrected chi connectivity index (χ0v) is 9.60. The molecule has 0 bridgehead atoms. The molecule has 6 heteroatoms. The number of methoxy groups -OCH3 is 1. The summed E-state index contributed by atoms with van der Waals surface area (Å²) < 4.78 is 4.90. The normalized spacial score (nSPS) is 15.9. The highest BCUT2D eigenvalue weighted by molar-refractivity contribution is 5.84. The monoisotopic (exact) mass is 217 g/mol. The van der Waals surface area contributed by atoms with E-state index >= 15 is 0 Å². The first-order valence-corrected chi connectivity index (χ1v) is 4.69. The summed E-state index contributed by atoms with van der Waals surface area (Å²) >= 11 is 0. The van der Waals surface area contributed by atoms with Gasteiger partial charge in [-0.3, -0.25) is 4.79 Å². The molecule has 0 aliphatic heterocycles. The predicted molar refractivity (Wildman–Crippen MR) is 56.7 cm³/mol. The van der Waals surface area contributed by atoms with Crippen LogP contribution in [0.25, 0.3) is 0 Å². The second-order valence-corrected chi connectivity index (χ2v) is 3.52. The molecule has 0 fully saturated rings. The highest BCUT2D eigenvalue weighted by Gasteiger charge is 2.19. The number of oxime groups is 1. The van der Waals surface area contributed by atoms with Gasteiger partial charge in [-0.25, -0.2) is 0 Å². The number of amidine groups is 1. The van der Waals surface area contributed by atoms with Gasteiger partial charge in [-0.1, -0.05) is 12.1 Å². The van der Waals surface area contributed by atoms with E-state index in [1.165, 1.54) is 12.0 Å². The lowest BCUT2D eigenvalue weighted by Gasteiger charge is -2.23. The molecule has 0 radical (unpaired) electrons. The Morgan fingerprint density at radius 3 is 2.53 bits per heavy atom. The Balaban J connectivity index is 4.24. The summed E-state index contributed by atoms with van der Waals surface area (Å²) in [6, 6.07) is 0. The Morgan fingerprint density at radius 2 is 2.13 bits per heavy atom. The zero-order valence-electron chi connectivity index (χ0n) is 9.60. The number of nitrogens with two attached hydrogens (primary N) is 1. The molecule has 6 nitrogen and oxygen atoms in total. The Morgan fingerprint density at radius 1 is 1.60 bits per heavy atom. The van der Waals surface area contributed by atoms with Crippen molar-refractivity contribution in [2.45, 2.75) is 20.0 Å². The fraction of sp³-hybridized carbons (Fsp3) is 0.778. The molecule has 0 aliphatic carbocycles. The fourth-order valence-corrected chi connectivity index (χ4v) is 1.10. The third-order valence-electron chi connectivity index (χ3n) is 2.25. The molecular weight excluding hydrogens is 198 g/mol. The van der Waals surface area contributed by atoms with E-state index in [1.54, 1.807) is 20.9 Å². The molecule has 15 heavy (non-hydrogen) atoms. The van der Waals surface area contributed by atoms with Crippen molar-refractivity contribution < 1.29 is 14.7 Å². The van der Waals surface area contributed by atoms with Gasteiger partial charge < -0.3 is 20.6 Å². The van der Waals surface area contributed by atoms with Crippen LogP contribution in [0.15, 0.2) is 5.16 Å². The summed E-state index contributed by atoms with van der Waals surface area (Å²) in [5.74, 6) is -0.206. The van der Waals surface area contributed by atoms with E-state index in [-0.39, 0.29) is 17.7 Å². The Labute approximate surface area is 89.7 Å². The molecule has 0 spiro atoms. The van der Waals surface area contributed by atoms with Crippen LogP contribution in [-0.2, 0) is 9.53 Å². The fourth-order valence-electron chi connectivity index (χ4n) is 1.10. The molecule has 3 N–H and O–H groups in total. The SMILES string of the molecule is COC(C)C(=O)N(C)CC(C)C(N)=NO. The van der Waals surface area contributed by atoms with Gasteiger partial charge in [0.1, 0.15) is 11.9 Å². The molecule has 0 aliphatic rings. The van der Waals surface area contributed by atoms with Gasteiger partial charge in [-0.05, 0) is 6.92 Å². The van der Waals surface area contributed by atoms with Crippen molar-refractivity contribution in [3.8, 4) is 0 Å². The van der Waals surface area contributed by atoms with E-state index in [0.29, 0.717) is 6.54 Å². The summed E-state index contributed by atoms with van der Waals surface area (Å²) in [5, 5.41) is 11.3. The summed E-state index contributed by atoms with van der Waals surface area (Å²) in [6.07, 6.45) is -0.477. The molecule has 0 aromatic rings. The zero-order chi connectivity index (χ0) is 12.0. The molecule has 0 rings (SSSR count). The van der Waals surface area contributed by atoms with Crippen LogP contribution in [-0.4, -0.2) is 48.7 Å². The Hall–Kier alpha value is -1.30. The van der Waals surface area contributed by atoms with Crippen molar-refractivity contribution in [2.24, 2.45) is 16.8 Å². The van der Waals surface area contributed by atoms with E-state index in [9.17, 15) is 4.79 Å². The molecule has 88 valence electrons. The quantitative estimate of drug-likeness (QED) is 0.290. The molecule has 2 unspecified atom stereocenters. The number of amides is 1. The summed E-state index contributed by atoms with van der Waals surface area (Å²) in [7, 11) is 3.13. The maximum absolute atomic E-state index is 11.6. The third-order valence-corrected chi connectivity index (χ3v) is 2.25. The first-order valence-electron chi connectivity index (χ1n) is 4.69. The van der Waals surface area contributed by atoms with E-state index in [0.717, 1.165) is 0 Å². The van der Waals surface area contributed by atoms with Crippen LogP contribution in [0.4, 0.5) is 0 Å². The molecule has 0 saturated carbocycles.